The van der Waals surface area contributed by atoms with Crippen LogP contribution in [0.1, 0.15) is 20.8 Å². The minimum absolute atomic E-state index is 0.0939. The summed E-state index contributed by atoms with van der Waals surface area (Å²) in [6.45, 7) is 6.23. The number of hydrogen-bond acceptors (Lipinski definition) is 2. The number of nitrogens with one attached hydrogen (secondary N) is 2. The lowest BCUT2D eigenvalue weighted by Crippen LogP contribution is -2.41. The van der Waals surface area contributed by atoms with Gasteiger partial charge in [-0.15, -0.1) is 0 Å². The molecule has 0 aliphatic rings. The molecule has 0 aromatic heterocycles. The number of halogens is 2. The molecular formula is C12H16Cl2N2O. The van der Waals surface area contributed by atoms with E-state index < -0.39 is 0 Å². The van der Waals surface area contributed by atoms with Gasteiger partial charge in [-0.3, -0.25) is 4.79 Å². The highest BCUT2D eigenvalue weighted by molar-refractivity contribution is 6.35. The van der Waals surface area contributed by atoms with Crippen molar-refractivity contribution in [2.24, 2.45) is 0 Å². The van der Waals surface area contributed by atoms with E-state index in [1.807, 2.05) is 20.8 Å². The van der Waals surface area contributed by atoms with Crippen LogP contribution in [0.4, 0.5) is 5.69 Å². The Hall–Kier alpha value is -0.770. The molecule has 0 fully saturated rings. The third kappa shape index (κ3) is 5.91. The Morgan fingerprint density at radius 3 is 2.18 bits per heavy atom. The van der Waals surface area contributed by atoms with E-state index in [2.05, 4.69) is 10.6 Å². The molecule has 0 heterocycles. The van der Waals surface area contributed by atoms with Crippen LogP contribution >= 0.6 is 23.2 Å². The molecule has 0 atom stereocenters. The van der Waals surface area contributed by atoms with Gasteiger partial charge in [0.05, 0.1) is 6.54 Å². The second kappa shape index (κ2) is 5.71. The van der Waals surface area contributed by atoms with Gasteiger partial charge in [0.1, 0.15) is 0 Å². The number of amides is 1. The smallest absolute Gasteiger partial charge is 0.238 e. The van der Waals surface area contributed by atoms with Crippen LogP contribution in [0, 0.1) is 0 Å². The van der Waals surface area contributed by atoms with Crippen LogP contribution in [0.3, 0.4) is 0 Å². The fourth-order valence-corrected chi connectivity index (χ4v) is 1.70. The molecule has 0 unspecified atom stereocenters. The zero-order valence-corrected chi connectivity index (χ0v) is 11.6. The van der Waals surface area contributed by atoms with E-state index in [0.29, 0.717) is 15.7 Å². The van der Waals surface area contributed by atoms with Crippen LogP contribution in [-0.4, -0.2) is 18.0 Å². The van der Waals surface area contributed by atoms with Gasteiger partial charge in [0, 0.05) is 21.3 Å². The second-order valence-electron chi connectivity index (χ2n) is 4.81. The van der Waals surface area contributed by atoms with Crippen molar-refractivity contribution in [3.8, 4) is 0 Å². The molecule has 5 heteroatoms. The summed E-state index contributed by atoms with van der Waals surface area (Å²) in [6, 6.07) is 4.93. The number of rotatable bonds is 3. The maximum atomic E-state index is 11.6. The summed E-state index contributed by atoms with van der Waals surface area (Å²) in [6.07, 6.45) is 0. The van der Waals surface area contributed by atoms with E-state index in [1.54, 1.807) is 18.2 Å². The molecule has 1 aromatic rings. The zero-order chi connectivity index (χ0) is 13.1. The molecule has 0 aliphatic carbocycles. The van der Waals surface area contributed by atoms with Gasteiger partial charge >= 0.3 is 0 Å². The van der Waals surface area contributed by atoms with Crippen molar-refractivity contribution in [3.63, 3.8) is 0 Å². The zero-order valence-electron chi connectivity index (χ0n) is 10.1. The van der Waals surface area contributed by atoms with E-state index in [0.717, 1.165) is 0 Å². The van der Waals surface area contributed by atoms with Crippen LogP contribution in [-0.2, 0) is 4.79 Å². The molecule has 1 rings (SSSR count). The lowest BCUT2D eigenvalue weighted by Gasteiger charge is -2.20. The van der Waals surface area contributed by atoms with Gasteiger partial charge < -0.3 is 10.6 Å². The fourth-order valence-electron chi connectivity index (χ4n) is 1.18. The van der Waals surface area contributed by atoms with Crippen molar-refractivity contribution in [3.05, 3.63) is 28.2 Å². The molecule has 3 nitrogen and oxygen atoms in total. The molecule has 1 amide bonds. The average molecular weight is 275 g/mol. The Labute approximate surface area is 111 Å². The molecule has 94 valence electrons. The van der Waals surface area contributed by atoms with E-state index in [1.165, 1.54) is 0 Å². The van der Waals surface area contributed by atoms with Crippen LogP contribution in [0.15, 0.2) is 18.2 Å². The number of hydrogen-bond donors (Lipinski definition) is 2. The summed E-state index contributed by atoms with van der Waals surface area (Å²) in [7, 11) is 0. The van der Waals surface area contributed by atoms with Gasteiger partial charge in [-0.05, 0) is 39.0 Å². The minimum Gasteiger partial charge on any atom is -0.325 e. The third-order valence-electron chi connectivity index (χ3n) is 1.93. The van der Waals surface area contributed by atoms with Gasteiger partial charge in [0.15, 0.2) is 0 Å². The molecule has 0 spiro atoms. The summed E-state index contributed by atoms with van der Waals surface area (Å²) in [5, 5.41) is 6.81. The number of benzene rings is 1. The Morgan fingerprint density at radius 2 is 1.71 bits per heavy atom. The summed E-state index contributed by atoms with van der Waals surface area (Å²) in [5.74, 6) is -0.127. The van der Waals surface area contributed by atoms with Crippen molar-refractivity contribution in [2.75, 3.05) is 11.9 Å². The summed E-state index contributed by atoms with van der Waals surface area (Å²) in [5.41, 5.74) is 0.506. The normalized spacial score (nSPS) is 11.4. The standard InChI is InChI=1S/C12H16Cl2N2O/c1-12(2,3)15-7-11(17)16-10-5-8(13)4-9(14)6-10/h4-6,15H,7H2,1-3H3,(H,16,17). The molecule has 0 saturated heterocycles. The van der Waals surface area contributed by atoms with Gasteiger partial charge in [0.25, 0.3) is 0 Å². The SMILES string of the molecule is CC(C)(C)NCC(=O)Nc1cc(Cl)cc(Cl)c1. The first-order valence-electron chi connectivity index (χ1n) is 5.27. The van der Waals surface area contributed by atoms with Crippen molar-refractivity contribution in [1.82, 2.24) is 5.32 Å². The average Bonchev–Trinajstić information content (AvgIpc) is 2.11. The third-order valence-corrected chi connectivity index (χ3v) is 2.36. The van der Waals surface area contributed by atoms with Gasteiger partial charge in [-0.2, -0.15) is 0 Å². The molecule has 0 radical (unpaired) electrons. The van der Waals surface area contributed by atoms with E-state index >= 15 is 0 Å². The second-order valence-corrected chi connectivity index (χ2v) is 5.68. The summed E-state index contributed by atoms with van der Waals surface area (Å²) >= 11 is 11.7. The van der Waals surface area contributed by atoms with Gasteiger partial charge in [-0.1, -0.05) is 23.2 Å². The lowest BCUT2D eigenvalue weighted by molar-refractivity contribution is -0.115. The monoisotopic (exact) mass is 274 g/mol. The predicted octanol–water partition coefficient (Wildman–Crippen LogP) is 3.32. The number of carbonyl (C=O) groups excluding carboxylic acids is 1. The maximum absolute atomic E-state index is 11.6. The first kappa shape index (κ1) is 14.3. The van der Waals surface area contributed by atoms with E-state index in [-0.39, 0.29) is 18.0 Å². The Morgan fingerprint density at radius 1 is 1.18 bits per heavy atom. The van der Waals surface area contributed by atoms with Crippen LogP contribution in [0.5, 0.6) is 0 Å². The first-order valence-corrected chi connectivity index (χ1v) is 6.03. The van der Waals surface area contributed by atoms with Crippen LogP contribution < -0.4 is 10.6 Å². The minimum atomic E-state index is -0.127. The molecule has 2 N–H and O–H groups in total. The number of carbonyl (C=O) groups is 1. The first-order chi connectivity index (χ1) is 7.76. The number of anilines is 1. The van der Waals surface area contributed by atoms with Crippen molar-refractivity contribution >= 4 is 34.8 Å². The molecule has 0 saturated carbocycles. The Bertz CT molecular complexity index is 393. The van der Waals surface area contributed by atoms with Crippen LogP contribution in [0.2, 0.25) is 10.0 Å². The highest BCUT2D eigenvalue weighted by Gasteiger charge is 2.11. The maximum Gasteiger partial charge on any atom is 0.238 e. The molecule has 0 aliphatic heterocycles. The van der Waals surface area contributed by atoms with Gasteiger partial charge in [-0.25, -0.2) is 0 Å². The predicted molar refractivity (Wildman–Crippen MR) is 72.8 cm³/mol. The van der Waals surface area contributed by atoms with Gasteiger partial charge in [0.2, 0.25) is 5.91 Å². The van der Waals surface area contributed by atoms with Crippen molar-refractivity contribution in [1.29, 1.82) is 0 Å². The molecule has 17 heavy (non-hydrogen) atoms. The fraction of sp³-hybridized carbons (Fsp3) is 0.417. The topological polar surface area (TPSA) is 41.1 Å². The Kier molecular flexibility index (Phi) is 4.80. The van der Waals surface area contributed by atoms with E-state index in [4.69, 9.17) is 23.2 Å². The highest BCUT2D eigenvalue weighted by atomic mass is 35.5. The largest absolute Gasteiger partial charge is 0.325 e. The highest BCUT2D eigenvalue weighted by Crippen LogP contribution is 2.22. The molecular weight excluding hydrogens is 259 g/mol. The quantitative estimate of drug-likeness (QED) is 0.888. The lowest BCUT2D eigenvalue weighted by atomic mass is 10.1. The van der Waals surface area contributed by atoms with Crippen molar-refractivity contribution < 1.29 is 4.79 Å². The molecule has 1 aromatic carbocycles. The van der Waals surface area contributed by atoms with E-state index in [9.17, 15) is 4.79 Å². The Balaban J connectivity index is 2.56. The van der Waals surface area contributed by atoms with Crippen LogP contribution in [0.25, 0.3) is 0 Å². The van der Waals surface area contributed by atoms with Crippen molar-refractivity contribution in [2.45, 2.75) is 26.3 Å². The summed E-state index contributed by atoms with van der Waals surface area (Å²) < 4.78 is 0. The molecule has 0 bridgehead atoms. The summed E-state index contributed by atoms with van der Waals surface area (Å²) in [4.78, 5) is 11.6.